The van der Waals surface area contributed by atoms with Gasteiger partial charge in [-0.3, -0.25) is 4.90 Å². The van der Waals surface area contributed by atoms with Crippen molar-refractivity contribution in [1.82, 2.24) is 4.90 Å². The molecule has 0 radical (unpaired) electrons. The average molecular weight is 330 g/mol. The molecule has 6 heteroatoms. The molecule has 1 aliphatic heterocycles. The number of hydrogen-bond acceptors (Lipinski definition) is 5. The Morgan fingerprint density at radius 1 is 1.29 bits per heavy atom. The molecule has 1 aromatic carbocycles. The first-order chi connectivity index (χ1) is 11.3. The summed E-state index contributed by atoms with van der Waals surface area (Å²) in [6.45, 7) is 5.98. The molecule has 1 atom stereocenters. The molecule has 6 nitrogen and oxygen atoms in total. The lowest BCUT2D eigenvalue weighted by atomic mass is 10.1. The number of carbonyl (C=O) groups excluding carboxylic acids is 2. The number of nitriles is 1. The summed E-state index contributed by atoms with van der Waals surface area (Å²) in [6.07, 6.45) is 0.835. The molecule has 0 unspecified atom stereocenters. The van der Waals surface area contributed by atoms with E-state index in [0.29, 0.717) is 18.5 Å². The molecule has 0 aliphatic carbocycles. The number of hydrogen-bond donors (Lipinski definition) is 0. The number of benzene rings is 1. The molecule has 1 heterocycles. The first-order valence-electron chi connectivity index (χ1n) is 7.95. The summed E-state index contributed by atoms with van der Waals surface area (Å²) in [5.41, 5.74) is 0.748. The molecule has 1 fully saturated rings. The zero-order valence-corrected chi connectivity index (χ0v) is 14.2. The van der Waals surface area contributed by atoms with Crippen LogP contribution in [0.5, 0.6) is 0 Å². The van der Waals surface area contributed by atoms with Crippen molar-refractivity contribution in [1.29, 1.82) is 5.26 Å². The second kappa shape index (κ2) is 7.35. The van der Waals surface area contributed by atoms with Crippen molar-refractivity contribution in [2.24, 2.45) is 0 Å². The van der Waals surface area contributed by atoms with Gasteiger partial charge in [-0.1, -0.05) is 12.1 Å². The van der Waals surface area contributed by atoms with Crippen LogP contribution in [0.25, 0.3) is 0 Å². The van der Waals surface area contributed by atoms with E-state index in [1.165, 1.54) is 4.90 Å². The van der Waals surface area contributed by atoms with Crippen LogP contribution in [0.3, 0.4) is 0 Å². The maximum absolute atomic E-state index is 12.3. The molecule has 1 amide bonds. The van der Waals surface area contributed by atoms with Gasteiger partial charge in [0.1, 0.15) is 18.2 Å². The number of nitrogens with zero attached hydrogens (tertiary/aromatic N) is 2. The Hall–Kier alpha value is -2.55. The molecule has 0 spiro atoms. The molecular formula is C18H22N2O4. The predicted molar refractivity (Wildman–Crippen MR) is 86.9 cm³/mol. The van der Waals surface area contributed by atoms with E-state index in [1.54, 1.807) is 45.0 Å². The van der Waals surface area contributed by atoms with Crippen LogP contribution >= 0.6 is 0 Å². The van der Waals surface area contributed by atoms with Crippen molar-refractivity contribution >= 4 is 12.1 Å². The highest BCUT2D eigenvalue weighted by molar-refractivity contribution is 5.82. The van der Waals surface area contributed by atoms with Crippen LogP contribution in [0.2, 0.25) is 0 Å². The van der Waals surface area contributed by atoms with Crippen LogP contribution in [-0.2, 0) is 20.9 Å². The second-order valence-corrected chi connectivity index (χ2v) is 6.75. The molecule has 128 valence electrons. The van der Waals surface area contributed by atoms with Gasteiger partial charge in [-0.05, 0) is 51.3 Å². The molecule has 24 heavy (non-hydrogen) atoms. The molecule has 2 rings (SSSR count). The molecule has 1 aromatic rings. The minimum atomic E-state index is -0.601. The van der Waals surface area contributed by atoms with Crippen LogP contribution in [-0.4, -0.2) is 35.2 Å². The summed E-state index contributed by atoms with van der Waals surface area (Å²) in [7, 11) is 0. The fraction of sp³-hybridized carbons (Fsp3) is 0.500. The summed E-state index contributed by atoms with van der Waals surface area (Å²) < 4.78 is 10.7. The van der Waals surface area contributed by atoms with Crippen molar-refractivity contribution < 1.29 is 19.1 Å². The van der Waals surface area contributed by atoms with Crippen LogP contribution in [0.15, 0.2) is 24.3 Å². The molecule has 0 aromatic heterocycles. The lowest BCUT2D eigenvalue weighted by Gasteiger charge is -2.27. The number of ether oxygens (including phenoxy) is 2. The number of amides is 1. The Labute approximate surface area is 142 Å². The van der Waals surface area contributed by atoms with Crippen molar-refractivity contribution in [2.45, 2.75) is 51.9 Å². The van der Waals surface area contributed by atoms with Gasteiger partial charge in [-0.15, -0.1) is 0 Å². The smallest absolute Gasteiger partial charge is 0.411 e. The topological polar surface area (TPSA) is 79.6 Å². The fourth-order valence-corrected chi connectivity index (χ4v) is 2.48. The van der Waals surface area contributed by atoms with E-state index in [0.717, 1.165) is 12.0 Å². The summed E-state index contributed by atoms with van der Waals surface area (Å²) >= 11 is 0. The van der Waals surface area contributed by atoms with Crippen molar-refractivity contribution in [3.8, 4) is 6.07 Å². The standard InChI is InChI=1S/C18H22N2O4/c1-18(2,3)24-17(22)20-10-4-5-15(20)16(21)23-12-14-8-6-13(11-19)7-9-14/h6-9,15H,4-5,10,12H2,1-3H3/t15-/m0/s1. The molecular weight excluding hydrogens is 308 g/mol. The third-order valence-electron chi connectivity index (χ3n) is 3.62. The minimum absolute atomic E-state index is 0.114. The van der Waals surface area contributed by atoms with Crippen LogP contribution in [0.1, 0.15) is 44.7 Å². The zero-order valence-electron chi connectivity index (χ0n) is 14.2. The van der Waals surface area contributed by atoms with Crippen LogP contribution < -0.4 is 0 Å². The molecule has 0 saturated carbocycles. The Balaban J connectivity index is 1.93. The van der Waals surface area contributed by atoms with Gasteiger partial charge in [0.05, 0.1) is 11.6 Å². The van der Waals surface area contributed by atoms with Crippen LogP contribution in [0.4, 0.5) is 4.79 Å². The van der Waals surface area contributed by atoms with Crippen molar-refractivity contribution in [2.75, 3.05) is 6.54 Å². The molecule has 0 bridgehead atoms. The maximum Gasteiger partial charge on any atom is 0.411 e. The largest absolute Gasteiger partial charge is 0.459 e. The van der Waals surface area contributed by atoms with Gasteiger partial charge in [0.15, 0.2) is 0 Å². The number of rotatable bonds is 3. The number of likely N-dealkylation sites (tertiary alicyclic amines) is 1. The van der Waals surface area contributed by atoms with Gasteiger partial charge in [0.2, 0.25) is 0 Å². The quantitative estimate of drug-likeness (QED) is 0.796. The predicted octanol–water partition coefficient (Wildman–Crippen LogP) is 3.00. The van der Waals surface area contributed by atoms with Gasteiger partial charge >= 0.3 is 12.1 Å². The zero-order chi connectivity index (χ0) is 17.7. The minimum Gasteiger partial charge on any atom is -0.459 e. The lowest BCUT2D eigenvalue weighted by Crippen LogP contribution is -2.44. The summed E-state index contributed by atoms with van der Waals surface area (Å²) in [6, 6.07) is 8.27. The van der Waals surface area contributed by atoms with Gasteiger partial charge in [0, 0.05) is 6.54 Å². The second-order valence-electron chi connectivity index (χ2n) is 6.75. The lowest BCUT2D eigenvalue weighted by molar-refractivity contribution is -0.150. The van der Waals surface area contributed by atoms with Gasteiger partial charge in [-0.25, -0.2) is 9.59 Å². The Morgan fingerprint density at radius 2 is 1.96 bits per heavy atom. The van der Waals surface area contributed by atoms with E-state index >= 15 is 0 Å². The van der Waals surface area contributed by atoms with Crippen molar-refractivity contribution in [3.63, 3.8) is 0 Å². The maximum atomic E-state index is 12.3. The van der Waals surface area contributed by atoms with Gasteiger partial charge < -0.3 is 9.47 Å². The first-order valence-corrected chi connectivity index (χ1v) is 7.95. The fourth-order valence-electron chi connectivity index (χ4n) is 2.48. The van der Waals surface area contributed by atoms with Gasteiger partial charge in [0.25, 0.3) is 0 Å². The van der Waals surface area contributed by atoms with E-state index in [2.05, 4.69) is 0 Å². The summed E-state index contributed by atoms with van der Waals surface area (Å²) in [5.74, 6) is -0.428. The molecule has 0 N–H and O–H groups in total. The molecule has 1 aliphatic rings. The number of carbonyl (C=O) groups is 2. The number of esters is 1. The van der Waals surface area contributed by atoms with Crippen LogP contribution in [0, 0.1) is 11.3 Å². The average Bonchev–Trinajstić information content (AvgIpc) is 3.01. The van der Waals surface area contributed by atoms with E-state index in [1.807, 2.05) is 6.07 Å². The van der Waals surface area contributed by atoms with Gasteiger partial charge in [-0.2, -0.15) is 5.26 Å². The highest BCUT2D eigenvalue weighted by Gasteiger charge is 2.37. The Morgan fingerprint density at radius 3 is 2.54 bits per heavy atom. The molecule has 1 saturated heterocycles. The monoisotopic (exact) mass is 330 g/mol. The van der Waals surface area contributed by atoms with E-state index < -0.39 is 23.7 Å². The van der Waals surface area contributed by atoms with E-state index in [9.17, 15) is 9.59 Å². The van der Waals surface area contributed by atoms with E-state index in [4.69, 9.17) is 14.7 Å². The Kier molecular flexibility index (Phi) is 5.45. The summed E-state index contributed by atoms with van der Waals surface area (Å²) in [4.78, 5) is 25.9. The normalized spacial score (nSPS) is 17.2. The highest BCUT2D eigenvalue weighted by Crippen LogP contribution is 2.22. The Bertz CT molecular complexity index is 640. The third-order valence-corrected chi connectivity index (χ3v) is 3.62. The van der Waals surface area contributed by atoms with Crippen molar-refractivity contribution in [3.05, 3.63) is 35.4 Å². The van der Waals surface area contributed by atoms with E-state index in [-0.39, 0.29) is 6.61 Å². The third kappa shape index (κ3) is 4.72. The SMILES string of the molecule is CC(C)(C)OC(=O)N1CCC[C@H]1C(=O)OCc1ccc(C#N)cc1. The summed E-state index contributed by atoms with van der Waals surface area (Å²) in [5, 5.41) is 8.77. The first kappa shape index (κ1) is 17.8. The highest BCUT2D eigenvalue weighted by atomic mass is 16.6.